The maximum absolute atomic E-state index is 11.5. The topological polar surface area (TPSA) is 101 Å². The van der Waals surface area contributed by atoms with E-state index in [9.17, 15) is 13.2 Å². The van der Waals surface area contributed by atoms with Crippen LogP contribution in [-0.2, 0) is 14.8 Å². The summed E-state index contributed by atoms with van der Waals surface area (Å²) in [5, 5.41) is 2.81. The highest BCUT2D eigenvalue weighted by Crippen LogP contribution is 2.03. The molecule has 0 aliphatic carbocycles. The first-order chi connectivity index (χ1) is 8.86. The van der Waals surface area contributed by atoms with Crippen LogP contribution in [0.25, 0.3) is 0 Å². The number of nitrogens with one attached hydrogen (secondary N) is 1. The van der Waals surface area contributed by atoms with Crippen molar-refractivity contribution in [3.8, 4) is 0 Å². The molecule has 0 atom stereocenters. The molecule has 0 aliphatic rings. The van der Waals surface area contributed by atoms with Gasteiger partial charge in [-0.2, -0.15) is 0 Å². The van der Waals surface area contributed by atoms with Crippen LogP contribution in [-0.4, -0.2) is 62.2 Å². The van der Waals surface area contributed by atoms with E-state index >= 15 is 0 Å². The molecule has 0 radical (unpaired) electrons. The number of rotatable bonds is 6. The lowest BCUT2D eigenvalue weighted by Gasteiger charge is -2.11. The third kappa shape index (κ3) is 4.45. The van der Waals surface area contributed by atoms with Crippen LogP contribution < -0.4 is 5.32 Å². The normalized spacial score (nSPS) is 11.4. The number of aromatic nitrogens is 2. The number of ether oxygens (including phenoxy) is 1. The van der Waals surface area contributed by atoms with Gasteiger partial charge in [0.1, 0.15) is 5.82 Å². The van der Waals surface area contributed by atoms with Crippen molar-refractivity contribution in [2.45, 2.75) is 0 Å². The van der Waals surface area contributed by atoms with Gasteiger partial charge in [-0.1, -0.05) is 0 Å². The molecule has 0 unspecified atom stereocenters. The average molecular weight is 288 g/mol. The van der Waals surface area contributed by atoms with E-state index < -0.39 is 16.0 Å². The summed E-state index contributed by atoms with van der Waals surface area (Å²) in [6.45, 7) is 0.179. The fourth-order valence-corrected chi connectivity index (χ4v) is 1.86. The van der Waals surface area contributed by atoms with Crippen molar-refractivity contribution >= 4 is 21.8 Å². The lowest BCUT2D eigenvalue weighted by atomic mass is 10.5. The minimum Gasteiger partial charge on any atom is -0.463 e. The largest absolute Gasteiger partial charge is 0.463 e. The smallest absolute Gasteiger partial charge is 0.376 e. The molecular weight excluding hydrogens is 272 g/mol. The number of anilines is 1. The van der Waals surface area contributed by atoms with Gasteiger partial charge in [-0.15, -0.1) is 0 Å². The van der Waals surface area contributed by atoms with Gasteiger partial charge < -0.3 is 10.1 Å². The number of nitrogens with zero attached hydrogens (tertiary/aromatic N) is 3. The van der Waals surface area contributed by atoms with Gasteiger partial charge in [0, 0.05) is 26.8 Å². The Bertz CT molecular complexity index is 544. The summed E-state index contributed by atoms with van der Waals surface area (Å²) in [6, 6.07) is 1.54. The van der Waals surface area contributed by atoms with Crippen LogP contribution in [0.15, 0.2) is 12.3 Å². The molecule has 0 amide bonds. The van der Waals surface area contributed by atoms with Crippen LogP contribution in [0.5, 0.6) is 0 Å². The highest BCUT2D eigenvalue weighted by molar-refractivity contribution is 7.89. The Kier molecular flexibility index (Phi) is 5.19. The predicted molar refractivity (Wildman–Crippen MR) is 69.3 cm³/mol. The second-order valence-electron chi connectivity index (χ2n) is 3.78. The van der Waals surface area contributed by atoms with Gasteiger partial charge in [0.2, 0.25) is 15.8 Å². The van der Waals surface area contributed by atoms with E-state index in [1.165, 1.54) is 33.5 Å². The average Bonchev–Trinajstić information content (AvgIpc) is 2.37. The molecule has 19 heavy (non-hydrogen) atoms. The second kappa shape index (κ2) is 6.43. The summed E-state index contributed by atoms with van der Waals surface area (Å²) in [5.74, 6) is -0.436. The van der Waals surface area contributed by atoms with Crippen molar-refractivity contribution in [2.75, 3.05) is 38.8 Å². The van der Waals surface area contributed by atoms with E-state index in [2.05, 4.69) is 20.0 Å². The molecule has 0 saturated heterocycles. The molecule has 8 nitrogen and oxygen atoms in total. The van der Waals surface area contributed by atoms with E-state index in [-0.39, 0.29) is 18.1 Å². The third-order valence-corrected chi connectivity index (χ3v) is 4.08. The van der Waals surface area contributed by atoms with Crippen LogP contribution >= 0.6 is 0 Å². The van der Waals surface area contributed by atoms with Crippen molar-refractivity contribution in [3.05, 3.63) is 18.1 Å². The Morgan fingerprint density at radius 2 is 2.16 bits per heavy atom. The summed E-state index contributed by atoms with van der Waals surface area (Å²) >= 11 is 0. The molecule has 0 bridgehead atoms. The molecule has 1 N–H and O–H groups in total. The minimum absolute atomic E-state index is 0.0719. The predicted octanol–water partition coefficient (Wildman–Crippen LogP) is -0.433. The Labute approximate surface area is 111 Å². The first-order valence-corrected chi connectivity index (χ1v) is 7.03. The zero-order valence-electron chi connectivity index (χ0n) is 11.0. The van der Waals surface area contributed by atoms with Gasteiger partial charge in [0.15, 0.2) is 0 Å². The number of esters is 1. The molecule has 0 aliphatic heterocycles. The van der Waals surface area contributed by atoms with Crippen LogP contribution in [0.3, 0.4) is 0 Å². The molecule has 1 aromatic heterocycles. The van der Waals surface area contributed by atoms with Crippen LogP contribution in [0.2, 0.25) is 0 Å². The number of hydrogen-bond donors (Lipinski definition) is 1. The monoisotopic (exact) mass is 288 g/mol. The van der Waals surface area contributed by atoms with Gasteiger partial charge in [-0.05, 0) is 6.07 Å². The molecule has 106 valence electrons. The van der Waals surface area contributed by atoms with Crippen LogP contribution in [0.1, 0.15) is 10.6 Å². The maximum atomic E-state index is 11.5. The van der Waals surface area contributed by atoms with Gasteiger partial charge >= 0.3 is 5.97 Å². The highest BCUT2D eigenvalue weighted by Gasteiger charge is 2.13. The Morgan fingerprint density at radius 1 is 1.47 bits per heavy atom. The van der Waals surface area contributed by atoms with E-state index in [1.807, 2.05) is 0 Å². The molecule has 0 saturated carbocycles. The Morgan fingerprint density at radius 3 is 2.74 bits per heavy atom. The maximum Gasteiger partial charge on any atom is 0.376 e. The first kappa shape index (κ1) is 15.3. The lowest BCUT2D eigenvalue weighted by molar-refractivity contribution is 0.0587. The van der Waals surface area contributed by atoms with E-state index in [0.29, 0.717) is 5.82 Å². The summed E-state index contributed by atoms with van der Waals surface area (Å²) in [5.41, 5.74) is 0. The van der Waals surface area contributed by atoms with Gasteiger partial charge in [-0.25, -0.2) is 27.5 Å². The van der Waals surface area contributed by atoms with Crippen LogP contribution in [0, 0.1) is 0 Å². The number of sulfonamides is 1. The SMILES string of the molecule is COC(=O)c1nccc(NCCS(=O)(=O)N(C)C)n1. The van der Waals surface area contributed by atoms with Crippen molar-refractivity contribution in [1.29, 1.82) is 0 Å². The fraction of sp³-hybridized carbons (Fsp3) is 0.500. The lowest BCUT2D eigenvalue weighted by Crippen LogP contribution is -2.28. The van der Waals surface area contributed by atoms with Gasteiger partial charge in [0.25, 0.3) is 0 Å². The number of carbonyl (C=O) groups excluding carboxylic acids is 1. The second-order valence-corrected chi connectivity index (χ2v) is 6.08. The van der Waals surface area contributed by atoms with Crippen molar-refractivity contribution < 1.29 is 17.9 Å². The quantitative estimate of drug-likeness (QED) is 0.708. The Hall–Kier alpha value is -1.74. The number of hydrogen-bond acceptors (Lipinski definition) is 7. The van der Waals surface area contributed by atoms with E-state index in [0.717, 1.165) is 4.31 Å². The summed E-state index contributed by atoms with van der Waals surface area (Å²) < 4.78 is 28.7. The summed E-state index contributed by atoms with van der Waals surface area (Å²) in [4.78, 5) is 18.9. The molecule has 1 rings (SSSR count). The third-order valence-electron chi connectivity index (χ3n) is 2.25. The molecule has 0 spiro atoms. The molecule has 0 aromatic carbocycles. The zero-order valence-corrected chi connectivity index (χ0v) is 11.8. The summed E-state index contributed by atoms with van der Waals surface area (Å²) in [7, 11) is 0.903. The van der Waals surface area contributed by atoms with E-state index in [1.54, 1.807) is 0 Å². The highest BCUT2D eigenvalue weighted by atomic mass is 32.2. The standard InChI is InChI=1S/C10H16N4O4S/c1-14(2)19(16,17)7-6-11-8-4-5-12-9(13-8)10(15)18-3/h4-5H,6-7H2,1-3H3,(H,11,12,13). The van der Waals surface area contributed by atoms with Crippen molar-refractivity contribution in [3.63, 3.8) is 0 Å². The molecule has 1 aromatic rings. The van der Waals surface area contributed by atoms with Gasteiger partial charge in [-0.3, -0.25) is 0 Å². The molecule has 9 heteroatoms. The minimum atomic E-state index is -3.26. The van der Waals surface area contributed by atoms with Gasteiger partial charge in [0.05, 0.1) is 12.9 Å². The van der Waals surface area contributed by atoms with Crippen LogP contribution in [0.4, 0.5) is 5.82 Å². The molecule has 0 fully saturated rings. The number of methoxy groups -OCH3 is 1. The fourth-order valence-electron chi connectivity index (χ4n) is 1.14. The summed E-state index contributed by atoms with van der Waals surface area (Å²) in [6.07, 6.45) is 1.39. The number of carbonyl (C=O) groups is 1. The molecular formula is C10H16N4O4S. The zero-order chi connectivity index (χ0) is 14.5. The van der Waals surface area contributed by atoms with E-state index in [4.69, 9.17) is 0 Å². The molecule has 1 heterocycles. The van der Waals surface area contributed by atoms with Crippen molar-refractivity contribution in [2.24, 2.45) is 0 Å². The Balaban J connectivity index is 2.62. The first-order valence-electron chi connectivity index (χ1n) is 5.42. The van der Waals surface area contributed by atoms with Crippen molar-refractivity contribution in [1.82, 2.24) is 14.3 Å².